The molecule has 1 aliphatic rings. The molecule has 1 aromatic rings. The van der Waals surface area contributed by atoms with Gasteiger partial charge in [-0.1, -0.05) is 44.2 Å². The van der Waals surface area contributed by atoms with E-state index in [-0.39, 0.29) is 29.7 Å². The second-order valence-corrected chi connectivity index (χ2v) is 9.28. The number of carbonyl (C=O) groups excluding carboxylic acids is 3. The number of hydrogen-bond donors (Lipinski definition) is 2. The first kappa shape index (κ1) is 26.0. The molecular formula is C25H40N4O3. The van der Waals surface area contributed by atoms with Crippen LogP contribution in [0.2, 0.25) is 0 Å². The number of likely N-dealkylation sites (N-methyl/N-ethyl adjacent to an activating group) is 2. The molecule has 1 fully saturated rings. The lowest BCUT2D eigenvalue weighted by atomic mass is 9.96. The van der Waals surface area contributed by atoms with Gasteiger partial charge >= 0.3 is 0 Å². The molecular weight excluding hydrogens is 404 g/mol. The lowest BCUT2D eigenvalue weighted by molar-refractivity contribution is -0.140. The molecule has 2 N–H and O–H groups in total. The van der Waals surface area contributed by atoms with E-state index >= 15 is 0 Å². The SMILES string of the molecule is CNC(C)C(=O)NC(C(=O)N1CCC(CCN(C)CCc2ccccc2)C1C=O)C(C)C. The number of benzene rings is 1. The Labute approximate surface area is 192 Å². The van der Waals surface area contributed by atoms with Crippen LogP contribution in [0.4, 0.5) is 0 Å². The maximum Gasteiger partial charge on any atom is 0.246 e. The van der Waals surface area contributed by atoms with Gasteiger partial charge in [-0.05, 0) is 64.2 Å². The van der Waals surface area contributed by atoms with Crippen molar-refractivity contribution >= 4 is 18.1 Å². The zero-order valence-electron chi connectivity index (χ0n) is 20.2. The lowest BCUT2D eigenvalue weighted by Crippen LogP contribution is -2.56. The fourth-order valence-electron chi connectivity index (χ4n) is 4.20. The van der Waals surface area contributed by atoms with Gasteiger partial charge in [-0.2, -0.15) is 0 Å². The third kappa shape index (κ3) is 7.14. The number of likely N-dealkylation sites (tertiary alicyclic amines) is 1. The van der Waals surface area contributed by atoms with Crippen molar-refractivity contribution in [3.63, 3.8) is 0 Å². The molecule has 0 spiro atoms. The first-order valence-corrected chi connectivity index (χ1v) is 11.7. The minimum atomic E-state index is -0.631. The van der Waals surface area contributed by atoms with Crippen molar-refractivity contribution in [2.45, 2.75) is 58.2 Å². The first-order chi connectivity index (χ1) is 15.3. The molecule has 4 atom stereocenters. The molecule has 0 aromatic heterocycles. The summed E-state index contributed by atoms with van der Waals surface area (Å²) in [6, 6.07) is 8.97. The van der Waals surface area contributed by atoms with Gasteiger partial charge in [0, 0.05) is 13.1 Å². The molecule has 1 saturated heterocycles. The van der Waals surface area contributed by atoms with Crippen LogP contribution in [0.5, 0.6) is 0 Å². The third-order valence-electron chi connectivity index (χ3n) is 6.57. The highest BCUT2D eigenvalue weighted by Gasteiger charge is 2.40. The monoisotopic (exact) mass is 444 g/mol. The van der Waals surface area contributed by atoms with Gasteiger partial charge < -0.3 is 25.2 Å². The summed E-state index contributed by atoms with van der Waals surface area (Å²) in [7, 11) is 3.81. The Kier molecular flexibility index (Phi) is 10.3. The molecule has 2 rings (SSSR count). The van der Waals surface area contributed by atoms with Gasteiger partial charge in [-0.25, -0.2) is 0 Å². The summed E-state index contributed by atoms with van der Waals surface area (Å²) in [6.07, 6.45) is 3.58. The zero-order valence-corrected chi connectivity index (χ0v) is 20.2. The molecule has 1 heterocycles. The zero-order chi connectivity index (χ0) is 23.7. The lowest BCUT2D eigenvalue weighted by Gasteiger charge is -2.31. The number of rotatable bonds is 12. The summed E-state index contributed by atoms with van der Waals surface area (Å²) in [5.74, 6) is -0.284. The molecule has 32 heavy (non-hydrogen) atoms. The fourth-order valence-corrected chi connectivity index (χ4v) is 4.20. The average Bonchev–Trinajstić information content (AvgIpc) is 3.22. The van der Waals surface area contributed by atoms with E-state index in [1.807, 2.05) is 19.9 Å². The van der Waals surface area contributed by atoms with E-state index in [4.69, 9.17) is 0 Å². The van der Waals surface area contributed by atoms with Crippen molar-refractivity contribution in [3.05, 3.63) is 35.9 Å². The molecule has 1 aromatic carbocycles. The van der Waals surface area contributed by atoms with Crippen molar-refractivity contribution < 1.29 is 14.4 Å². The molecule has 0 radical (unpaired) electrons. The van der Waals surface area contributed by atoms with E-state index in [0.29, 0.717) is 6.54 Å². The molecule has 178 valence electrons. The van der Waals surface area contributed by atoms with Gasteiger partial charge in [0.15, 0.2) is 0 Å². The Hall–Kier alpha value is -2.25. The van der Waals surface area contributed by atoms with Crippen molar-refractivity contribution in [1.82, 2.24) is 20.4 Å². The van der Waals surface area contributed by atoms with Crippen LogP contribution in [0.3, 0.4) is 0 Å². The molecule has 0 bridgehead atoms. The number of nitrogens with zero attached hydrogens (tertiary/aromatic N) is 2. The number of nitrogens with one attached hydrogen (secondary N) is 2. The van der Waals surface area contributed by atoms with Crippen LogP contribution in [-0.4, -0.2) is 79.8 Å². The Bertz CT molecular complexity index is 740. The predicted molar refractivity (Wildman–Crippen MR) is 127 cm³/mol. The van der Waals surface area contributed by atoms with E-state index in [1.165, 1.54) is 5.56 Å². The summed E-state index contributed by atoms with van der Waals surface area (Å²) in [6.45, 7) is 7.98. The smallest absolute Gasteiger partial charge is 0.246 e. The van der Waals surface area contributed by atoms with E-state index in [1.54, 1.807) is 18.9 Å². The van der Waals surface area contributed by atoms with E-state index in [2.05, 4.69) is 46.8 Å². The van der Waals surface area contributed by atoms with Gasteiger partial charge in [-0.3, -0.25) is 9.59 Å². The molecule has 1 aliphatic heterocycles. The fraction of sp³-hybridized carbons (Fsp3) is 0.640. The van der Waals surface area contributed by atoms with Crippen LogP contribution < -0.4 is 10.6 Å². The van der Waals surface area contributed by atoms with Crippen molar-refractivity contribution in [2.24, 2.45) is 11.8 Å². The van der Waals surface area contributed by atoms with Gasteiger partial charge in [0.05, 0.1) is 12.1 Å². The third-order valence-corrected chi connectivity index (χ3v) is 6.57. The number of aldehydes is 1. The second kappa shape index (κ2) is 12.7. The van der Waals surface area contributed by atoms with Gasteiger partial charge in [0.2, 0.25) is 11.8 Å². The Morgan fingerprint density at radius 2 is 1.88 bits per heavy atom. The van der Waals surface area contributed by atoms with Gasteiger partial charge in [0.1, 0.15) is 12.3 Å². The maximum atomic E-state index is 13.3. The average molecular weight is 445 g/mol. The highest BCUT2D eigenvalue weighted by molar-refractivity contribution is 5.91. The Balaban J connectivity index is 1.91. The van der Waals surface area contributed by atoms with Crippen LogP contribution in [0.1, 0.15) is 39.2 Å². The van der Waals surface area contributed by atoms with Crippen LogP contribution in [0.25, 0.3) is 0 Å². The van der Waals surface area contributed by atoms with Gasteiger partial charge in [0.25, 0.3) is 0 Å². The van der Waals surface area contributed by atoms with Crippen molar-refractivity contribution in [1.29, 1.82) is 0 Å². The molecule has 7 nitrogen and oxygen atoms in total. The van der Waals surface area contributed by atoms with Crippen LogP contribution in [0, 0.1) is 11.8 Å². The van der Waals surface area contributed by atoms with E-state index < -0.39 is 12.1 Å². The summed E-state index contributed by atoms with van der Waals surface area (Å²) in [5.41, 5.74) is 1.32. The normalized spacial score (nSPS) is 20.4. The number of amides is 2. The molecule has 0 aliphatic carbocycles. The minimum Gasteiger partial charge on any atom is -0.343 e. The molecule has 4 unspecified atom stereocenters. The van der Waals surface area contributed by atoms with Gasteiger partial charge in [-0.15, -0.1) is 0 Å². The summed E-state index contributed by atoms with van der Waals surface area (Å²) >= 11 is 0. The Morgan fingerprint density at radius 1 is 1.19 bits per heavy atom. The summed E-state index contributed by atoms with van der Waals surface area (Å²) in [4.78, 5) is 41.5. The molecule has 7 heteroatoms. The minimum absolute atomic E-state index is 0.0639. The quantitative estimate of drug-likeness (QED) is 0.480. The summed E-state index contributed by atoms with van der Waals surface area (Å²) < 4.78 is 0. The largest absolute Gasteiger partial charge is 0.343 e. The van der Waals surface area contributed by atoms with Crippen molar-refractivity contribution in [2.75, 3.05) is 33.7 Å². The standard InChI is InChI=1S/C25H40N4O3/c1-18(2)23(27-24(31)19(3)26-4)25(32)29-16-13-21(22(29)17-30)12-15-28(5)14-11-20-9-7-6-8-10-20/h6-10,17-19,21-23,26H,11-16H2,1-5H3,(H,27,31). The van der Waals surface area contributed by atoms with E-state index in [9.17, 15) is 14.4 Å². The highest BCUT2D eigenvalue weighted by Crippen LogP contribution is 2.27. The number of carbonyl (C=O) groups is 3. The second-order valence-electron chi connectivity index (χ2n) is 9.28. The van der Waals surface area contributed by atoms with Crippen molar-refractivity contribution in [3.8, 4) is 0 Å². The number of hydrogen-bond acceptors (Lipinski definition) is 5. The van der Waals surface area contributed by atoms with E-state index in [0.717, 1.165) is 38.6 Å². The summed E-state index contributed by atoms with van der Waals surface area (Å²) in [5, 5.41) is 5.76. The highest BCUT2D eigenvalue weighted by atomic mass is 16.2. The topological polar surface area (TPSA) is 81.8 Å². The Morgan fingerprint density at radius 3 is 2.47 bits per heavy atom. The first-order valence-electron chi connectivity index (χ1n) is 11.7. The van der Waals surface area contributed by atoms with Crippen LogP contribution >= 0.6 is 0 Å². The maximum absolute atomic E-state index is 13.3. The molecule has 0 saturated carbocycles. The molecule has 2 amide bonds. The van der Waals surface area contributed by atoms with Crippen LogP contribution in [0.15, 0.2) is 30.3 Å². The van der Waals surface area contributed by atoms with Crippen LogP contribution in [-0.2, 0) is 20.8 Å². The predicted octanol–water partition coefficient (Wildman–Crippen LogP) is 1.72.